The monoisotopic (exact) mass is 201 g/mol. The summed E-state index contributed by atoms with van der Waals surface area (Å²) in [6.07, 6.45) is 1.19. The van der Waals surface area contributed by atoms with Gasteiger partial charge < -0.3 is 10.2 Å². The minimum Gasteiger partial charge on any atom is -0.366 e. The number of likely N-dealkylation sites (N-methyl/N-ethyl adjacent to an activating group) is 1. The average Bonchev–Trinajstić information content (AvgIpc) is 2.17. The Balaban J connectivity index is 2.49. The van der Waals surface area contributed by atoms with Crippen LogP contribution in [0.2, 0.25) is 0 Å². The first kappa shape index (κ1) is 10.7. The number of rotatable bonds is 1. The third-order valence-corrected chi connectivity index (χ3v) is 3.21. The molecule has 0 radical (unpaired) electrons. The number of hydrogen-bond donors (Lipinski definition) is 1. The van der Waals surface area contributed by atoms with Crippen LogP contribution < -0.4 is 5.32 Å². The minimum absolute atomic E-state index is 0.653. The highest BCUT2D eigenvalue weighted by Crippen LogP contribution is 2.10. The van der Waals surface area contributed by atoms with Crippen molar-refractivity contribution in [1.29, 1.82) is 0 Å². The molecule has 0 bridgehead atoms. The molecule has 1 rings (SSSR count). The van der Waals surface area contributed by atoms with Crippen LogP contribution in [0, 0.1) is 0 Å². The Morgan fingerprint density at radius 2 is 2.23 bits per heavy atom. The van der Waals surface area contributed by atoms with Crippen molar-refractivity contribution in [3.8, 4) is 0 Å². The first-order chi connectivity index (χ1) is 6.19. The highest BCUT2D eigenvalue weighted by atomic mass is 32.1. The molecule has 0 amide bonds. The number of thiocarbonyl (C=S) groups is 1. The lowest BCUT2D eigenvalue weighted by atomic mass is 10.1. The second-order valence-electron chi connectivity index (χ2n) is 3.54. The van der Waals surface area contributed by atoms with Crippen LogP contribution in [-0.2, 0) is 0 Å². The Morgan fingerprint density at radius 1 is 1.54 bits per heavy atom. The summed E-state index contributed by atoms with van der Waals surface area (Å²) in [4.78, 5) is 4.66. The summed E-state index contributed by atoms with van der Waals surface area (Å²) in [6.45, 7) is 5.45. The highest BCUT2D eigenvalue weighted by Gasteiger charge is 2.23. The Labute approximate surface area is 86.1 Å². The lowest BCUT2D eigenvalue weighted by Crippen LogP contribution is -2.54. The van der Waals surface area contributed by atoms with Gasteiger partial charge in [0.05, 0.1) is 0 Å². The van der Waals surface area contributed by atoms with Crippen molar-refractivity contribution in [1.82, 2.24) is 15.1 Å². The molecule has 0 aliphatic carbocycles. The molecule has 1 aliphatic rings. The summed E-state index contributed by atoms with van der Waals surface area (Å²) in [6, 6.07) is 0.653. The van der Waals surface area contributed by atoms with E-state index in [2.05, 4.69) is 29.1 Å². The molecule has 76 valence electrons. The Hall–Kier alpha value is -0.350. The summed E-state index contributed by atoms with van der Waals surface area (Å²) in [5.74, 6) is 0. The maximum absolute atomic E-state index is 5.21. The van der Waals surface area contributed by atoms with Crippen LogP contribution in [0.3, 0.4) is 0 Å². The molecule has 0 aromatic heterocycles. The summed E-state index contributed by atoms with van der Waals surface area (Å²) < 4.78 is 0. The molecule has 0 saturated carbocycles. The maximum atomic E-state index is 5.21. The highest BCUT2D eigenvalue weighted by molar-refractivity contribution is 7.80. The molecule has 0 aromatic carbocycles. The fourth-order valence-corrected chi connectivity index (χ4v) is 1.90. The molecule has 1 unspecified atom stereocenters. The van der Waals surface area contributed by atoms with Crippen LogP contribution in [0.1, 0.15) is 13.3 Å². The fraction of sp³-hybridized carbons (Fsp3) is 0.889. The first-order valence-electron chi connectivity index (χ1n) is 4.86. The van der Waals surface area contributed by atoms with Crippen molar-refractivity contribution in [2.75, 3.05) is 33.7 Å². The van der Waals surface area contributed by atoms with Crippen LogP contribution in [0.25, 0.3) is 0 Å². The normalized spacial score (nSPS) is 24.5. The average molecular weight is 201 g/mol. The lowest BCUT2D eigenvalue weighted by Gasteiger charge is -2.40. The molecular formula is C9H19N3S. The third kappa shape index (κ3) is 2.54. The number of nitrogens with one attached hydrogen (secondary N) is 1. The van der Waals surface area contributed by atoms with Gasteiger partial charge in [-0.1, -0.05) is 6.92 Å². The zero-order valence-corrected chi connectivity index (χ0v) is 9.52. The standard InChI is InChI=1S/C9H19N3S/c1-4-8-7-12(9(13)10-2)6-5-11(8)3/h8H,4-7H2,1-3H3,(H,10,13). The van der Waals surface area contributed by atoms with Crippen molar-refractivity contribution in [2.45, 2.75) is 19.4 Å². The van der Waals surface area contributed by atoms with Crippen LogP contribution in [0.5, 0.6) is 0 Å². The molecule has 13 heavy (non-hydrogen) atoms. The lowest BCUT2D eigenvalue weighted by molar-refractivity contribution is 0.137. The summed E-state index contributed by atoms with van der Waals surface area (Å²) in [7, 11) is 4.08. The van der Waals surface area contributed by atoms with Gasteiger partial charge in [-0.3, -0.25) is 4.90 Å². The number of piperazine rings is 1. The van der Waals surface area contributed by atoms with Crippen LogP contribution >= 0.6 is 12.2 Å². The smallest absolute Gasteiger partial charge is 0.168 e. The van der Waals surface area contributed by atoms with E-state index in [9.17, 15) is 0 Å². The molecule has 1 fully saturated rings. The van der Waals surface area contributed by atoms with E-state index in [-0.39, 0.29) is 0 Å². The predicted molar refractivity (Wildman–Crippen MR) is 59.9 cm³/mol. The SMILES string of the molecule is CCC1CN(C(=S)NC)CCN1C. The first-order valence-corrected chi connectivity index (χ1v) is 5.26. The molecule has 1 heterocycles. The zero-order valence-electron chi connectivity index (χ0n) is 8.71. The summed E-state index contributed by atoms with van der Waals surface area (Å²) in [5.41, 5.74) is 0. The van der Waals surface area contributed by atoms with E-state index in [0.717, 1.165) is 24.7 Å². The minimum atomic E-state index is 0.653. The Morgan fingerprint density at radius 3 is 2.77 bits per heavy atom. The van der Waals surface area contributed by atoms with E-state index in [1.54, 1.807) is 0 Å². The Kier molecular flexibility index (Phi) is 3.93. The van der Waals surface area contributed by atoms with Gasteiger partial charge in [0.25, 0.3) is 0 Å². The number of hydrogen-bond acceptors (Lipinski definition) is 2. The molecule has 1 aliphatic heterocycles. The molecule has 1 N–H and O–H groups in total. The van der Waals surface area contributed by atoms with Crippen molar-refractivity contribution in [2.24, 2.45) is 0 Å². The van der Waals surface area contributed by atoms with Gasteiger partial charge in [-0.15, -0.1) is 0 Å². The van der Waals surface area contributed by atoms with Gasteiger partial charge in [0.15, 0.2) is 5.11 Å². The molecule has 1 saturated heterocycles. The summed E-state index contributed by atoms with van der Waals surface area (Å²) >= 11 is 5.21. The van der Waals surface area contributed by atoms with Crippen LogP contribution in [0.15, 0.2) is 0 Å². The third-order valence-electron chi connectivity index (χ3n) is 2.75. The molecule has 0 aromatic rings. The predicted octanol–water partition coefficient (Wildman–Crippen LogP) is 0.517. The van der Waals surface area contributed by atoms with Gasteiger partial charge in [0.1, 0.15) is 0 Å². The number of nitrogens with zero attached hydrogens (tertiary/aromatic N) is 2. The van der Waals surface area contributed by atoms with Crippen LogP contribution in [0.4, 0.5) is 0 Å². The Bertz CT molecular complexity index is 184. The van der Waals surface area contributed by atoms with E-state index in [1.165, 1.54) is 6.42 Å². The van der Waals surface area contributed by atoms with Gasteiger partial charge in [0, 0.05) is 32.7 Å². The van der Waals surface area contributed by atoms with E-state index in [1.807, 2.05) is 7.05 Å². The zero-order chi connectivity index (χ0) is 9.84. The maximum Gasteiger partial charge on any atom is 0.168 e. The molecule has 4 heteroatoms. The van der Waals surface area contributed by atoms with Crippen molar-refractivity contribution in [3.63, 3.8) is 0 Å². The van der Waals surface area contributed by atoms with Crippen molar-refractivity contribution >= 4 is 17.3 Å². The van der Waals surface area contributed by atoms with E-state index < -0.39 is 0 Å². The van der Waals surface area contributed by atoms with E-state index in [0.29, 0.717) is 6.04 Å². The van der Waals surface area contributed by atoms with E-state index in [4.69, 9.17) is 12.2 Å². The van der Waals surface area contributed by atoms with Gasteiger partial charge in [0.2, 0.25) is 0 Å². The largest absolute Gasteiger partial charge is 0.366 e. The van der Waals surface area contributed by atoms with Crippen molar-refractivity contribution in [3.05, 3.63) is 0 Å². The van der Waals surface area contributed by atoms with Crippen LogP contribution in [-0.4, -0.2) is 54.7 Å². The topological polar surface area (TPSA) is 18.5 Å². The second-order valence-corrected chi connectivity index (χ2v) is 3.93. The van der Waals surface area contributed by atoms with Gasteiger partial charge >= 0.3 is 0 Å². The molecule has 0 spiro atoms. The second kappa shape index (κ2) is 4.77. The van der Waals surface area contributed by atoms with Gasteiger partial charge in [-0.25, -0.2) is 0 Å². The van der Waals surface area contributed by atoms with Gasteiger partial charge in [-0.2, -0.15) is 0 Å². The molecular weight excluding hydrogens is 182 g/mol. The summed E-state index contributed by atoms with van der Waals surface area (Å²) in [5, 5.41) is 3.91. The fourth-order valence-electron chi connectivity index (χ4n) is 1.73. The van der Waals surface area contributed by atoms with Crippen molar-refractivity contribution < 1.29 is 0 Å². The molecule has 3 nitrogen and oxygen atoms in total. The van der Waals surface area contributed by atoms with Gasteiger partial charge in [-0.05, 0) is 25.7 Å². The van der Waals surface area contributed by atoms with E-state index >= 15 is 0 Å². The quantitative estimate of drug-likeness (QED) is 0.623. The molecule has 1 atom stereocenters.